The van der Waals surface area contributed by atoms with Gasteiger partial charge in [0, 0.05) is 12.6 Å². The van der Waals surface area contributed by atoms with Crippen molar-refractivity contribution in [2.45, 2.75) is 19.3 Å². The van der Waals surface area contributed by atoms with Crippen molar-refractivity contribution in [3.05, 3.63) is 77.8 Å². The van der Waals surface area contributed by atoms with Crippen LogP contribution in [0.2, 0.25) is 0 Å². The molecule has 0 radical (unpaired) electrons. The zero-order chi connectivity index (χ0) is 17.8. The van der Waals surface area contributed by atoms with E-state index in [9.17, 15) is 0 Å². The van der Waals surface area contributed by atoms with Gasteiger partial charge in [-0.1, -0.05) is 54.6 Å². The number of rotatable bonds is 5. The van der Waals surface area contributed by atoms with Crippen LogP contribution in [-0.4, -0.2) is 24.6 Å². The van der Waals surface area contributed by atoms with Crippen LogP contribution in [0.5, 0.6) is 0 Å². The zero-order valence-electron chi connectivity index (χ0n) is 14.2. The van der Waals surface area contributed by atoms with Crippen molar-refractivity contribution in [1.82, 2.24) is 24.6 Å². The minimum Gasteiger partial charge on any atom is -0.368 e. The monoisotopic (exact) mass is 345 g/mol. The van der Waals surface area contributed by atoms with Gasteiger partial charge in [0.25, 0.3) is 5.78 Å². The van der Waals surface area contributed by atoms with E-state index < -0.39 is 0 Å². The fraction of sp³-hybridized carbons (Fsp3) is 0.158. The van der Waals surface area contributed by atoms with E-state index in [0.717, 1.165) is 24.2 Å². The third-order valence-electron chi connectivity index (χ3n) is 4.07. The number of nitrogens with two attached hydrogens (primary N) is 1. The van der Waals surface area contributed by atoms with Crippen molar-refractivity contribution in [1.29, 1.82) is 0 Å². The number of aromatic nitrogens is 5. The SMILES string of the molecule is Nc1nc(CCc2ccccc2)n2nc(N/C=C3\C=CC=CC3)nc2n1. The summed E-state index contributed by atoms with van der Waals surface area (Å²) in [6, 6.07) is 10.2. The number of nitrogens with one attached hydrogen (secondary N) is 1. The molecule has 0 bridgehead atoms. The van der Waals surface area contributed by atoms with E-state index >= 15 is 0 Å². The third-order valence-corrected chi connectivity index (χ3v) is 4.07. The van der Waals surface area contributed by atoms with E-state index in [0.29, 0.717) is 18.1 Å². The fourth-order valence-electron chi connectivity index (χ4n) is 2.77. The molecular formula is C19H19N7. The lowest BCUT2D eigenvalue weighted by atomic mass is 10.1. The molecule has 3 N–H and O–H groups in total. The molecule has 0 atom stereocenters. The number of fused-ring (bicyclic) bond motifs is 1. The second-order valence-corrected chi connectivity index (χ2v) is 5.99. The molecule has 4 rings (SSSR count). The lowest BCUT2D eigenvalue weighted by Gasteiger charge is -2.04. The lowest BCUT2D eigenvalue weighted by Crippen LogP contribution is -2.09. The van der Waals surface area contributed by atoms with Gasteiger partial charge in [-0.25, -0.2) is 0 Å². The predicted octanol–water partition coefficient (Wildman–Crippen LogP) is 2.70. The Bertz CT molecular complexity index is 999. The van der Waals surface area contributed by atoms with Crippen LogP contribution in [0.25, 0.3) is 5.78 Å². The summed E-state index contributed by atoms with van der Waals surface area (Å²) in [7, 11) is 0. The number of benzene rings is 1. The standard InChI is InChI=1S/C19H19N7/c20-17-22-16(12-11-14-7-3-1-4-8-14)26-19(23-17)24-18(25-26)21-13-15-9-5-2-6-10-15/h1-9,13H,10-12H2,(H3,20,21,23,24,25)/b15-13+. The summed E-state index contributed by atoms with van der Waals surface area (Å²) in [6.45, 7) is 0. The second kappa shape index (κ2) is 7.18. The number of allylic oxidation sites excluding steroid dienone is 5. The third kappa shape index (κ3) is 3.61. The normalized spacial score (nSPS) is 15.0. The maximum absolute atomic E-state index is 5.84. The van der Waals surface area contributed by atoms with Gasteiger partial charge in [0.15, 0.2) is 0 Å². The van der Waals surface area contributed by atoms with Crippen LogP contribution in [0.4, 0.5) is 11.9 Å². The summed E-state index contributed by atoms with van der Waals surface area (Å²) >= 11 is 0. The molecule has 2 aromatic heterocycles. The van der Waals surface area contributed by atoms with Crippen LogP contribution < -0.4 is 11.1 Å². The van der Waals surface area contributed by atoms with E-state index in [1.165, 1.54) is 5.56 Å². The first-order chi connectivity index (χ1) is 12.8. The zero-order valence-corrected chi connectivity index (χ0v) is 14.2. The lowest BCUT2D eigenvalue weighted by molar-refractivity contribution is 0.763. The summed E-state index contributed by atoms with van der Waals surface area (Å²) in [6.07, 6.45) is 12.5. The molecule has 0 saturated carbocycles. The Morgan fingerprint density at radius 2 is 1.96 bits per heavy atom. The molecule has 0 spiro atoms. The molecular weight excluding hydrogens is 326 g/mol. The number of nitrogen functional groups attached to an aromatic ring is 1. The minimum atomic E-state index is 0.207. The molecule has 26 heavy (non-hydrogen) atoms. The van der Waals surface area contributed by atoms with Gasteiger partial charge in [0.1, 0.15) is 5.82 Å². The highest BCUT2D eigenvalue weighted by Gasteiger charge is 2.11. The van der Waals surface area contributed by atoms with E-state index in [-0.39, 0.29) is 5.95 Å². The van der Waals surface area contributed by atoms with Gasteiger partial charge in [-0.15, -0.1) is 5.10 Å². The molecule has 0 unspecified atom stereocenters. The largest absolute Gasteiger partial charge is 0.368 e. The Kier molecular flexibility index (Phi) is 4.42. The van der Waals surface area contributed by atoms with E-state index in [1.54, 1.807) is 4.52 Å². The summed E-state index contributed by atoms with van der Waals surface area (Å²) in [4.78, 5) is 12.9. The average Bonchev–Trinajstić information content (AvgIpc) is 3.09. The highest BCUT2D eigenvalue weighted by Crippen LogP contribution is 2.13. The first-order valence-electron chi connectivity index (χ1n) is 8.50. The Labute approximate surface area is 151 Å². The quantitative estimate of drug-likeness (QED) is 0.738. The molecule has 0 aliphatic heterocycles. The van der Waals surface area contributed by atoms with Gasteiger partial charge in [-0.3, -0.25) is 0 Å². The van der Waals surface area contributed by atoms with Crippen LogP contribution in [0.3, 0.4) is 0 Å². The topological polar surface area (TPSA) is 94.0 Å². The number of aryl methyl sites for hydroxylation is 2. The summed E-state index contributed by atoms with van der Waals surface area (Å²) in [5.41, 5.74) is 8.23. The Morgan fingerprint density at radius 3 is 2.77 bits per heavy atom. The highest BCUT2D eigenvalue weighted by molar-refractivity contribution is 5.43. The number of anilines is 2. The minimum absolute atomic E-state index is 0.207. The van der Waals surface area contributed by atoms with Crippen molar-refractivity contribution in [3.63, 3.8) is 0 Å². The summed E-state index contributed by atoms with van der Waals surface area (Å²) in [5, 5.41) is 7.60. The van der Waals surface area contributed by atoms with Gasteiger partial charge in [0.05, 0.1) is 0 Å². The van der Waals surface area contributed by atoms with E-state index in [1.807, 2.05) is 42.6 Å². The van der Waals surface area contributed by atoms with Crippen molar-refractivity contribution < 1.29 is 0 Å². The van der Waals surface area contributed by atoms with Crippen molar-refractivity contribution in [3.8, 4) is 0 Å². The van der Waals surface area contributed by atoms with Gasteiger partial charge >= 0.3 is 0 Å². The van der Waals surface area contributed by atoms with E-state index in [4.69, 9.17) is 5.73 Å². The Balaban J connectivity index is 1.56. The Hall–Kier alpha value is -3.48. The van der Waals surface area contributed by atoms with Crippen LogP contribution in [0.15, 0.2) is 66.4 Å². The molecule has 0 fully saturated rings. The molecule has 7 heteroatoms. The molecule has 1 aromatic carbocycles. The van der Waals surface area contributed by atoms with Gasteiger partial charge in [-0.05, 0) is 24.0 Å². The number of hydrogen-bond acceptors (Lipinski definition) is 6. The maximum atomic E-state index is 5.84. The number of hydrogen-bond donors (Lipinski definition) is 2. The van der Waals surface area contributed by atoms with Crippen molar-refractivity contribution in [2.24, 2.45) is 0 Å². The van der Waals surface area contributed by atoms with E-state index in [2.05, 4.69) is 43.6 Å². The predicted molar refractivity (Wildman–Crippen MR) is 101 cm³/mol. The van der Waals surface area contributed by atoms with Crippen molar-refractivity contribution in [2.75, 3.05) is 11.1 Å². The molecule has 0 saturated heterocycles. The first kappa shape index (κ1) is 16.0. The summed E-state index contributed by atoms with van der Waals surface area (Å²) in [5.74, 6) is 1.87. The van der Waals surface area contributed by atoms with Crippen molar-refractivity contribution >= 4 is 17.7 Å². The van der Waals surface area contributed by atoms with Crippen LogP contribution >= 0.6 is 0 Å². The van der Waals surface area contributed by atoms with Gasteiger partial charge in [0.2, 0.25) is 11.9 Å². The molecule has 1 aliphatic carbocycles. The first-order valence-corrected chi connectivity index (χ1v) is 8.50. The number of nitrogens with zero attached hydrogens (tertiary/aromatic N) is 5. The molecule has 2 heterocycles. The fourth-order valence-corrected chi connectivity index (χ4v) is 2.77. The molecule has 130 valence electrons. The van der Waals surface area contributed by atoms with Crippen LogP contribution in [0.1, 0.15) is 17.8 Å². The smallest absolute Gasteiger partial charge is 0.259 e. The summed E-state index contributed by atoms with van der Waals surface area (Å²) < 4.78 is 1.65. The van der Waals surface area contributed by atoms with Gasteiger partial charge in [-0.2, -0.15) is 19.5 Å². The second-order valence-electron chi connectivity index (χ2n) is 5.99. The molecule has 0 amide bonds. The Morgan fingerprint density at radius 1 is 1.08 bits per heavy atom. The maximum Gasteiger partial charge on any atom is 0.259 e. The van der Waals surface area contributed by atoms with Crippen LogP contribution in [-0.2, 0) is 12.8 Å². The average molecular weight is 345 g/mol. The van der Waals surface area contributed by atoms with Gasteiger partial charge < -0.3 is 11.1 Å². The molecule has 3 aromatic rings. The molecule has 1 aliphatic rings. The highest BCUT2D eigenvalue weighted by atomic mass is 15.4. The van der Waals surface area contributed by atoms with Crippen LogP contribution in [0, 0.1) is 0 Å². The molecule has 7 nitrogen and oxygen atoms in total.